The van der Waals surface area contributed by atoms with Gasteiger partial charge < -0.3 is 10.1 Å². The average Bonchev–Trinajstić information content (AvgIpc) is 2.29. The highest BCUT2D eigenvalue weighted by Crippen LogP contribution is 2.18. The summed E-state index contributed by atoms with van der Waals surface area (Å²) < 4.78 is 5.72. The van der Waals surface area contributed by atoms with Crippen LogP contribution in [0.25, 0.3) is 0 Å². The van der Waals surface area contributed by atoms with Crippen LogP contribution in [0.5, 0.6) is 5.75 Å². The van der Waals surface area contributed by atoms with Crippen LogP contribution in [0.2, 0.25) is 0 Å². The highest BCUT2D eigenvalue weighted by Gasteiger charge is 1.98. The number of nitrogens with one attached hydrogen (secondary N) is 1. The molecule has 0 heterocycles. The van der Waals surface area contributed by atoms with Crippen LogP contribution in [-0.2, 0) is 0 Å². The van der Waals surface area contributed by atoms with Gasteiger partial charge in [0.1, 0.15) is 5.75 Å². The van der Waals surface area contributed by atoms with E-state index in [4.69, 9.17) is 4.74 Å². The van der Waals surface area contributed by atoms with Gasteiger partial charge in [-0.3, -0.25) is 0 Å². The van der Waals surface area contributed by atoms with Crippen molar-refractivity contribution in [3.8, 4) is 5.75 Å². The van der Waals surface area contributed by atoms with Crippen LogP contribution in [-0.4, -0.2) is 13.2 Å². The molecule has 0 radical (unpaired) electrons. The normalized spacial score (nSPS) is 10.6. The molecule has 0 saturated carbocycles. The fraction of sp³-hybridized carbons (Fsp3) is 0.600. The molecule has 1 aromatic rings. The predicted molar refractivity (Wildman–Crippen MR) is 74.8 cm³/mol. The molecule has 0 aromatic heterocycles. The Kier molecular flexibility index (Phi) is 6.53. The molecule has 0 aliphatic rings. The van der Waals surface area contributed by atoms with Gasteiger partial charge in [-0.2, -0.15) is 0 Å². The van der Waals surface area contributed by atoms with Crippen molar-refractivity contribution >= 4 is 5.69 Å². The van der Waals surface area contributed by atoms with Crippen LogP contribution in [0, 0.1) is 5.92 Å². The maximum atomic E-state index is 5.72. The highest BCUT2D eigenvalue weighted by atomic mass is 16.5. The Hall–Kier alpha value is -1.18. The second-order valence-corrected chi connectivity index (χ2v) is 4.84. The van der Waals surface area contributed by atoms with E-state index in [0.29, 0.717) is 5.92 Å². The van der Waals surface area contributed by atoms with Crippen molar-refractivity contribution in [3.05, 3.63) is 24.3 Å². The van der Waals surface area contributed by atoms with Crippen LogP contribution in [0.15, 0.2) is 24.3 Å². The fourth-order valence-electron chi connectivity index (χ4n) is 1.52. The number of ether oxygens (including phenoxy) is 1. The SMILES string of the molecule is CCCCNc1cccc(OCCC(C)C)c1. The predicted octanol–water partition coefficient (Wildman–Crippen LogP) is 4.32. The van der Waals surface area contributed by atoms with Crippen molar-refractivity contribution in [3.63, 3.8) is 0 Å². The maximum absolute atomic E-state index is 5.72. The molecule has 0 saturated heterocycles. The van der Waals surface area contributed by atoms with Crippen LogP contribution in [0.1, 0.15) is 40.0 Å². The summed E-state index contributed by atoms with van der Waals surface area (Å²) in [6, 6.07) is 8.23. The summed E-state index contributed by atoms with van der Waals surface area (Å²) in [4.78, 5) is 0. The topological polar surface area (TPSA) is 21.3 Å². The van der Waals surface area contributed by atoms with Gasteiger partial charge in [-0.25, -0.2) is 0 Å². The Bertz CT molecular complexity index is 310. The minimum atomic E-state index is 0.695. The van der Waals surface area contributed by atoms with Gasteiger partial charge in [0, 0.05) is 18.3 Å². The number of benzene rings is 1. The Morgan fingerprint density at radius 3 is 2.82 bits per heavy atom. The van der Waals surface area contributed by atoms with Crippen molar-refractivity contribution in [2.45, 2.75) is 40.0 Å². The number of anilines is 1. The van der Waals surface area contributed by atoms with Crippen molar-refractivity contribution in [2.24, 2.45) is 5.92 Å². The summed E-state index contributed by atoms with van der Waals surface area (Å²) in [7, 11) is 0. The van der Waals surface area contributed by atoms with Gasteiger partial charge in [-0.1, -0.05) is 33.3 Å². The lowest BCUT2D eigenvalue weighted by Gasteiger charge is -2.10. The minimum absolute atomic E-state index is 0.695. The average molecular weight is 235 g/mol. The summed E-state index contributed by atoms with van der Waals surface area (Å²) in [5, 5.41) is 3.41. The molecule has 0 unspecified atom stereocenters. The first-order valence-corrected chi connectivity index (χ1v) is 6.69. The summed E-state index contributed by atoms with van der Waals surface area (Å²) in [5.41, 5.74) is 1.15. The summed E-state index contributed by atoms with van der Waals surface area (Å²) in [6.45, 7) is 8.47. The molecule has 1 rings (SSSR count). The Morgan fingerprint density at radius 2 is 2.12 bits per heavy atom. The zero-order valence-electron chi connectivity index (χ0n) is 11.3. The number of rotatable bonds is 8. The van der Waals surface area contributed by atoms with E-state index in [-0.39, 0.29) is 0 Å². The van der Waals surface area contributed by atoms with Crippen LogP contribution >= 0.6 is 0 Å². The number of hydrogen-bond acceptors (Lipinski definition) is 2. The van der Waals surface area contributed by atoms with Gasteiger partial charge in [0.25, 0.3) is 0 Å². The summed E-state index contributed by atoms with van der Waals surface area (Å²) >= 11 is 0. The molecule has 2 heteroatoms. The minimum Gasteiger partial charge on any atom is -0.494 e. The number of unbranched alkanes of at least 4 members (excludes halogenated alkanes) is 1. The van der Waals surface area contributed by atoms with Crippen molar-refractivity contribution in [1.82, 2.24) is 0 Å². The van der Waals surface area contributed by atoms with Crippen molar-refractivity contribution in [2.75, 3.05) is 18.5 Å². The molecule has 2 nitrogen and oxygen atoms in total. The molecule has 17 heavy (non-hydrogen) atoms. The van der Waals surface area contributed by atoms with Gasteiger partial charge in [-0.15, -0.1) is 0 Å². The molecule has 0 amide bonds. The van der Waals surface area contributed by atoms with Crippen LogP contribution in [0.4, 0.5) is 5.69 Å². The van der Waals surface area contributed by atoms with E-state index < -0.39 is 0 Å². The zero-order chi connectivity index (χ0) is 12.5. The van der Waals surface area contributed by atoms with E-state index in [1.54, 1.807) is 0 Å². The first-order valence-electron chi connectivity index (χ1n) is 6.69. The van der Waals surface area contributed by atoms with Gasteiger partial charge in [0.05, 0.1) is 6.61 Å². The van der Waals surface area contributed by atoms with E-state index in [9.17, 15) is 0 Å². The van der Waals surface area contributed by atoms with Gasteiger partial charge >= 0.3 is 0 Å². The lowest BCUT2D eigenvalue weighted by Crippen LogP contribution is -2.03. The molecule has 1 aromatic carbocycles. The maximum Gasteiger partial charge on any atom is 0.121 e. The highest BCUT2D eigenvalue weighted by molar-refractivity contribution is 5.48. The van der Waals surface area contributed by atoms with Gasteiger partial charge in [-0.05, 0) is 30.9 Å². The van der Waals surface area contributed by atoms with E-state index in [2.05, 4.69) is 38.2 Å². The van der Waals surface area contributed by atoms with Crippen LogP contribution in [0.3, 0.4) is 0 Å². The molecule has 1 N–H and O–H groups in total. The van der Waals surface area contributed by atoms with Gasteiger partial charge in [0.2, 0.25) is 0 Å². The summed E-state index contributed by atoms with van der Waals surface area (Å²) in [5.74, 6) is 1.66. The van der Waals surface area contributed by atoms with E-state index >= 15 is 0 Å². The second-order valence-electron chi connectivity index (χ2n) is 4.84. The third-order valence-electron chi connectivity index (χ3n) is 2.66. The molecular formula is C15H25NO. The lowest BCUT2D eigenvalue weighted by molar-refractivity contribution is 0.289. The summed E-state index contributed by atoms with van der Waals surface area (Å²) in [6.07, 6.45) is 3.53. The van der Waals surface area contributed by atoms with Crippen molar-refractivity contribution in [1.29, 1.82) is 0 Å². The Labute approximate surface area is 105 Å². The number of hydrogen-bond donors (Lipinski definition) is 1. The third-order valence-corrected chi connectivity index (χ3v) is 2.66. The molecule has 0 spiro atoms. The quantitative estimate of drug-likeness (QED) is 0.677. The zero-order valence-corrected chi connectivity index (χ0v) is 11.3. The molecule has 0 fully saturated rings. The smallest absolute Gasteiger partial charge is 0.121 e. The molecule has 96 valence electrons. The van der Waals surface area contributed by atoms with Gasteiger partial charge in [0.15, 0.2) is 0 Å². The lowest BCUT2D eigenvalue weighted by atomic mass is 10.1. The molecule has 0 bridgehead atoms. The first kappa shape index (κ1) is 13.9. The molecule has 0 aliphatic carbocycles. The molecular weight excluding hydrogens is 210 g/mol. The molecule has 0 aliphatic heterocycles. The van der Waals surface area contributed by atoms with E-state index in [1.165, 1.54) is 12.8 Å². The largest absolute Gasteiger partial charge is 0.494 e. The Balaban J connectivity index is 2.37. The second kappa shape index (κ2) is 7.99. The standard InChI is InChI=1S/C15H25NO/c1-4-5-10-16-14-7-6-8-15(12-14)17-11-9-13(2)3/h6-8,12-13,16H,4-5,9-11H2,1-3H3. The third kappa shape index (κ3) is 6.20. The van der Waals surface area contributed by atoms with Crippen LogP contribution < -0.4 is 10.1 Å². The monoisotopic (exact) mass is 235 g/mol. The Morgan fingerprint density at radius 1 is 1.29 bits per heavy atom. The van der Waals surface area contributed by atoms with E-state index in [1.807, 2.05) is 12.1 Å². The molecule has 0 atom stereocenters. The van der Waals surface area contributed by atoms with Crippen molar-refractivity contribution < 1.29 is 4.74 Å². The fourth-order valence-corrected chi connectivity index (χ4v) is 1.52. The van der Waals surface area contributed by atoms with E-state index in [0.717, 1.165) is 31.0 Å². The first-order chi connectivity index (χ1) is 8.22.